The van der Waals surface area contributed by atoms with Gasteiger partial charge in [0.2, 0.25) is 5.91 Å². The topological polar surface area (TPSA) is 70.7 Å². The molecule has 20 heavy (non-hydrogen) atoms. The molecule has 1 rings (SSSR count). The number of nitrogens with zero attached hydrogens (tertiary/aromatic N) is 2. The van der Waals surface area contributed by atoms with Gasteiger partial charge >= 0.3 is 0 Å². The minimum Gasteiger partial charge on any atom is -0.370 e. The van der Waals surface area contributed by atoms with E-state index >= 15 is 0 Å². The fourth-order valence-corrected chi connectivity index (χ4v) is 2.00. The van der Waals surface area contributed by atoms with Gasteiger partial charge in [-0.1, -0.05) is 33.6 Å². The van der Waals surface area contributed by atoms with E-state index in [1.165, 1.54) is 25.7 Å². The van der Waals surface area contributed by atoms with Crippen LogP contribution in [0.1, 0.15) is 46.5 Å². The van der Waals surface area contributed by atoms with E-state index in [0.29, 0.717) is 19.0 Å². The number of guanidine groups is 1. The SMILES string of the molecule is CC(C)(C)C(=O)NCCN=C(N)N1CCCCCC1.I. The van der Waals surface area contributed by atoms with Crippen LogP contribution in [-0.2, 0) is 4.79 Å². The molecule has 6 heteroatoms. The molecule has 0 bridgehead atoms. The lowest BCUT2D eigenvalue weighted by atomic mass is 9.96. The molecule has 5 nitrogen and oxygen atoms in total. The summed E-state index contributed by atoms with van der Waals surface area (Å²) in [6.07, 6.45) is 4.95. The monoisotopic (exact) mass is 396 g/mol. The number of amides is 1. The second kappa shape index (κ2) is 9.41. The molecule has 0 atom stereocenters. The van der Waals surface area contributed by atoms with Gasteiger partial charge in [-0.2, -0.15) is 0 Å². The molecule has 0 aromatic heterocycles. The van der Waals surface area contributed by atoms with E-state index in [1.54, 1.807) is 0 Å². The minimum absolute atomic E-state index is 0. The molecular weight excluding hydrogens is 367 g/mol. The molecule has 1 amide bonds. The Morgan fingerprint density at radius 3 is 2.25 bits per heavy atom. The molecule has 1 fully saturated rings. The van der Waals surface area contributed by atoms with E-state index in [4.69, 9.17) is 5.73 Å². The molecule has 0 aliphatic carbocycles. The smallest absolute Gasteiger partial charge is 0.225 e. The largest absolute Gasteiger partial charge is 0.370 e. The van der Waals surface area contributed by atoms with Gasteiger partial charge in [-0.3, -0.25) is 9.79 Å². The van der Waals surface area contributed by atoms with Crippen LogP contribution in [0.25, 0.3) is 0 Å². The molecule has 0 unspecified atom stereocenters. The third-order valence-electron chi connectivity index (χ3n) is 3.28. The van der Waals surface area contributed by atoms with Gasteiger partial charge in [0, 0.05) is 25.0 Å². The second-order valence-corrected chi connectivity index (χ2v) is 6.15. The fraction of sp³-hybridized carbons (Fsp3) is 0.857. The number of nitrogens with one attached hydrogen (secondary N) is 1. The van der Waals surface area contributed by atoms with Crippen molar-refractivity contribution in [2.45, 2.75) is 46.5 Å². The number of halogens is 1. The van der Waals surface area contributed by atoms with Crippen molar-refractivity contribution >= 4 is 35.8 Å². The van der Waals surface area contributed by atoms with Crippen molar-refractivity contribution in [1.82, 2.24) is 10.2 Å². The van der Waals surface area contributed by atoms with E-state index in [0.717, 1.165) is 13.1 Å². The summed E-state index contributed by atoms with van der Waals surface area (Å²) in [5.41, 5.74) is 5.64. The van der Waals surface area contributed by atoms with Gasteiger partial charge in [-0.05, 0) is 12.8 Å². The summed E-state index contributed by atoms with van der Waals surface area (Å²) in [5, 5.41) is 2.87. The third kappa shape index (κ3) is 7.31. The predicted octanol–water partition coefficient (Wildman–Crippen LogP) is 1.96. The molecule has 0 radical (unpaired) electrons. The number of likely N-dealkylation sites (tertiary alicyclic amines) is 1. The lowest BCUT2D eigenvalue weighted by Gasteiger charge is -2.21. The van der Waals surface area contributed by atoms with Crippen LogP contribution in [0.2, 0.25) is 0 Å². The first kappa shape index (κ1) is 19.5. The average molecular weight is 396 g/mol. The fourth-order valence-electron chi connectivity index (χ4n) is 2.00. The van der Waals surface area contributed by atoms with Gasteiger partial charge in [0.15, 0.2) is 5.96 Å². The molecule has 0 spiro atoms. The molecule has 0 aromatic carbocycles. The Morgan fingerprint density at radius 1 is 1.20 bits per heavy atom. The zero-order valence-corrected chi connectivity index (χ0v) is 15.3. The van der Waals surface area contributed by atoms with Crippen LogP contribution in [-0.4, -0.2) is 42.9 Å². The molecule has 1 aliphatic rings. The van der Waals surface area contributed by atoms with Crippen LogP contribution < -0.4 is 11.1 Å². The van der Waals surface area contributed by atoms with E-state index in [9.17, 15) is 4.79 Å². The number of nitrogens with two attached hydrogens (primary N) is 1. The third-order valence-corrected chi connectivity index (χ3v) is 3.28. The predicted molar refractivity (Wildman–Crippen MR) is 94.4 cm³/mol. The Balaban J connectivity index is 0.00000361. The average Bonchev–Trinajstić information content (AvgIpc) is 2.61. The first-order chi connectivity index (χ1) is 8.91. The van der Waals surface area contributed by atoms with Crippen LogP contribution in [0.3, 0.4) is 0 Å². The summed E-state index contributed by atoms with van der Waals surface area (Å²) in [4.78, 5) is 18.2. The van der Waals surface area contributed by atoms with Gasteiger partial charge in [-0.25, -0.2) is 0 Å². The van der Waals surface area contributed by atoms with Crippen LogP contribution in [0.4, 0.5) is 0 Å². The van der Waals surface area contributed by atoms with E-state index in [2.05, 4.69) is 15.2 Å². The minimum atomic E-state index is -0.347. The maximum Gasteiger partial charge on any atom is 0.225 e. The highest BCUT2D eigenvalue weighted by atomic mass is 127. The summed E-state index contributed by atoms with van der Waals surface area (Å²) in [6.45, 7) is 8.80. The highest BCUT2D eigenvalue weighted by Crippen LogP contribution is 2.12. The highest BCUT2D eigenvalue weighted by Gasteiger charge is 2.20. The van der Waals surface area contributed by atoms with Crippen molar-refractivity contribution in [1.29, 1.82) is 0 Å². The lowest BCUT2D eigenvalue weighted by Crippen LogP contribution is -2.39. The van der Waals surface area contributed by atoms with Crippen LogP contribution in [0.15, 0.2) is 4.99 Å². The summed E-state index contributed by atoms with van der Waals surface area (Å²) < 4.78 is 0. The molecule has 1 heterocycles. The van der Waals surface area contributed by atoms with Crippen molar-refractivity contribution in [3.63, 3.8) is 0 Å². The Morgan fingerprint density at radius 2 is 1.75 bits per heavy atom. The first-order valence-corrected chi connectivity index (χ1v) is 7.24. The molecule has 0 saturated carbocycles. The summed E-state index contributed by atoms with van der Waals surface area (Å²) in [5.74, 6) is 0.669. The molecule has 118 valence electrons. The quantitative estimate of drug-likeness (QED) is 0.332. The summed E-state index contributed by atoms with van der Waals surface area (Å²) in [7, 11) is 0. The molecule has 0 aromatic rings. The Hall–Kier alpha value is -0.530. The summed E-state index contributed by atoms with van der Waals surface area (Å²) in [6, 6.07) is 0. The number of carbonyl (C=O) groups excluding carboxylic acids is 1. The highest BCUT2D eigenvalue weighted by molar-refractivity contribution is 14.0. The first-order valence-electron chi connectivity index (χ1n) is 7.24. The van der Waals surface area contributed by atoms with Gasteiger partial charge in [0.25, 0.3) is 0 Å². The Bertz CT molecular complexity index is 318. The Kier molecular flexibility index (Phi) is 9.16. The van der Waals surface area contributed by atoms with Crippen LogP contribution in [0.5, 0.6) is 0 Å². The number of hydrogen-bond acceptors (Lipinski definition) is 2. The molecule has 1 aliphatic heterocycles. The van der Waals surface area contributed by atoms with Crippen molar-refractivity contribution in [2.75, 3.05) is 26.2 Å². The zero-order chi connectivity index (χ0) is 14.3. The van der Waals surface area contributed by atoms with E-state index in [1.807, 2.05) is 20.8 Å². The van der Waals surface area contributed by atoms with E-state index < -0.39 is 0 Å². The lowest BCUT2D eigenvalue weighted by molar-refractivity contribution is -0.128. The van der Waals surface area contributed by atoms with Crippen molar-refractivity contribution < 1.29 is 4.79 Å². The van der Waals surface area contributed by atoms with Crippen molar-refractivity contribution in [3.05, 3.63) is 0 Å². The van der Waals surface area contributed by atoms with Crippen molar-refractivity contribution in [2.24, 2.45) is 16.1 Å². The van der Waals surface area contributed by atoms with Gasteiger partial charge in [-0.15, -0.1) is 24.0 Å². The van der Waals surface area contributed by atoms with Crippen molar-refractivity contribution in [3.8, 4) is 0 Å². The number of aliphatic imine (C=N–C) groups is 1. The van der Waals surface area contributed by atoms with Gasteiger partial charge in [0.1, 0.15) is 0 Å². The standard InChI is InChI=1S/C14H28N4O.HI/c1-14(2,3)12(19)16-8-9-17-13(15)18-10-6-4-5-7-11-18;/h4-11H2,1-3H3,(H2,15,17)(H,16,19);1H. The molecule has 3 N–H and O–H groups in total. The van der Waals surface area contributed by atoms with Crippen LogP contribution in [0, 0.1) is 5.41 Å². The zero-order valence-electron chi connectivity index (χ0n) is 12.9. The number of carbonyl (C=O) groups is 1. The maximum absolute atomic E-state index is 11.7. The maximum atomic E-state index is 11.7. The van der Waals surface area contributed by atoms with Gasteiger partial charge in [0.05, 0.1) is 6.54 Å². The Labute approximate surface area is 139 Å². The normalized spacial score (nSPS) is 17.1. The molecular formula is C14H29IN4O. The van der Waals surface area contributed by atoms with E-state index in [-0.39, 0.29) is 35.3 Å². The molecule has 1 saturated heterocycles. The van der Waals surface area contributed by atoms with Gasteiger partial charge < -0.3 is 16.0 Å². The number of hydrogen-bond donors (Lipinski definition) is 2. The second-order valence-electron chi connectivity index (χ2n) is 6.15. The number of rotatable bonds is 3. The van der Waals surface area contributed by atoms with Crippen LogP contribution >= 0.6 is 24.0 Å². The summed E-state index contributed by atoms with van der Waals surface area (Å²) >= 11 is 0.